The molecular weight excluding hydrogens is 297 g/mol. The van der Waals surface area contributed by atoms with Crippen LogP contribution in [0.4, 0.5) is 10.1 Å². The first-order valence-corrected chi connectivity index (χ1v) is 8.17. The maximum Gasteiger partial charge on any atom is 0.243 e. The van der Waals surface area contributed by atoms with Crippen LogP contribution in [0.2, 0.25) is 0 Å². The summed E-state index contributed by atoms with van der Waals surface area (Å²) in [5.41, 5.74) is 0.221. The lowest BCUT2D eigenvalue weighted by molar-refractivity contribution is -0.114. The van der Waals surface area contributed by atoms with Crippen molar-refractivity contribution in [2.24, 2.45) is 0 Å². The number of hydrogen-bond donors (Lipinski definition) is 3. The predicted molar refractivity (Wildman–Crippen MR) is 76.9 cm³/mol. The van der Waals surface area contributed by atoms with Crippen LogP contribution < -0.4 is 15.4 Å². The van der Waals surface area contributed by atoms with Gasteiger partial charge in [-0.05, 0) is 37.6 Å². The Morgan fingerprint density at radius 2 is 2.19 bits per heavy atom. The van der Waals surface area contributed by atoms with Gasteiger partial charge >= 0.3 is 0 Å². The van der Waals surface area contributed by atoms with Gasteiger partial charge in [0, 0.05) is 25.2 Å². The molecule has 8 heteroatoms. The maximum atomic E-state index is 14.0. The molecule has 0 radical (unpaired) electrons. The fraction of sp³-hybridized carbons (Fsp3) is 0.462. The average Bonchev–Trinajstić information content (AvgIpc) is 2.38. The maximum absolute atomic E-state index is 14.0. The molecule has 2 rings (SSSR count). The van der Waals surface area contributed by atoms with Crippen molar-refractivity contribution in [2.45, 2.75) is 30.7 Å². The lowest BCUT2D eigenvalue weighted by Gasteiger charge is -2.23. The van der Waals surface area contributed by atoms with Gasteiger partial charge in [-0.2, -0.15) is 0 Å². The predicted octanol–water partition coefficient (Wildman–Crippen LogP) is 0.814. The number of hydrogen-bond acceptors (Lipinski definition) is 4. The van der Waals surface area contributed by atoms with Crippen molar-refractivity contribution < 1.29 is 17.6 Å². The van der Waals surface area contributed by atoms with Crippen molar-refractivity contribution in [3.63, 3.8) is 0 Å². The first kappa shape index (κ1) is 15.9. The molecule has 1 atom stereocenters. The van der Waals surface area contributed by atoms with Crippen molar-refractivity contribution in [1.82, 2.24) is 10.0 Å². The van der Waals surface area contributed by atoms with Gasteiger partial charge in [-0.15, -0.1) is 0 Å². The highest BCUT2D eigenvalue weighted by molar-refractivity contribution is 7.89. The number of sulfonamides is 1. The summed E-state index contributed by atoms with van der Waals surface area (Å²) in [7, 11) is -3.91. The lowest BCUT2D eigenvalue weighted by atomic mass is 10.1. The van der Waals surface area contributed by atoms with Gasteiger partial charge in [-0.1, -0.05) is 0 Å². The normalized spacial score (nSPS) is 19.2. The highest BCUT2D eigenvalue weighted by atomic mass is 32.2. The second-order valence-corrected chi connectivity index (χ2v) is 6.67. The van der Waals surface area contributed by atoms with Crippen LogP contribution in [0, 0.1) is 5.82 Å². The first-order valence-electron chi connectivity index (χ1n) is 6.69. The van der Waals surface area contributed by atoms with Crippen LogP contribution in [0.15, 0.2) is 23.1 Å². The number of carbonyl (C=O) groups excluding carboxylic acids is 1. The molecule has 3 N–H and O–H groups in total. The Balaban J connectivity index is 2.17. The van der Waals surface area contributed by atoms with Crippen LogP contribution in [0.25, 0.3) is 0 Å². The number of carbonyl (C=O) groups is 1. The largest absolute Gasteiger partial charge is 0.326 e. The number of amides is 1. The summed E-state index contributed by atoms with van der Waals surface area (Å²) in [5.74, 6) is -1.24. The molecule has 1 aromatic rings. The summed E-state index contributed by atoms with van der Waals surface area (Å²) < 4.78 is 40.8. The Kier molecular flexibility index (Phi) is 4.92. The summed E-state index contributed by atoms with van der Waals surface area (Å²) in [6.07, 6.45) is 1.59. The number of halogens is 1. The van der Waals surface area contributed by atoms with Crippen LogP contribution >= 0.6 is 0 Å². The number of benzene rings is 1. The number of rotatable bonds is 4. The number of anilines is 1. The zero-order valence-corrected chi connectivity index (χ0v) is 12.5. The van der Waals surface area contributed by atoms with E-state index in [-0.39, 0.29) is 17.6 Å². The van der Waals surface area contributed by atoms with Crippen molar-refractivity contribution in [1.29, 1.82) is 0 Å². The van der Waals surface area contributed by atoms with Crippen LogP contribution in [-0.2, 0) is 14.8 Å². The first-order chi connectivity index (χ1) is 9.88. The van der Waals surface area contributed by atoms with E-state index in [4.69, 9.17) is 0 Å². The molecule has 21 heavy (non-hydrogen) atoms. The summed E-state index contributed by atoms with van der Waals surface area (Å²) in [5, 5.41) is 5.49. The topological polar surface area (TPSA) is 87.3 Å². The van der Waals surface area contributed by atoms with E-state index in [0.717, 1.165) is 31.5 Å². The van der Waals surface area contributed by atoms with Gasteiger partial charge < -0.3 is 10.6 Å². The molecule has 0 bridgehead atoms. The second-order valence-electron chi connectivity index (χ2n) is 4.99. The van der Waals surface area contributed by atoms with Gasteiger partial charge in [0.2, 0.25) is 15.9 Å². The van der Waals surface area contributed by atoms with Crippen LogP contribution in [0.1, 0.15) is 19.8 Å². The average molecular weight is 315 g/mol. The van der Waals surface area contributed by atoms with E-state index >= 15 is 0 Å². The van der Waals surface area contributed by atoms with Gasteiger partial charge in [0.05, 0.1) is 0 Å². The third-order valence-electron chi connectivity index (χ3n) is 3.16. The highest BCUT2D eigenvalue weighted by Crippen LogP contribution is 2.20. The molecule has 1 aliphatic heterocycles. The van der Waals surface area contributed by atoms with Gasteiger partial charge in [0.15, 0.2) is 0 Å². The molecule has 0 aromatic heterocycles. The molecule has 0 unspecified atom stereocenters. The molecule has 1 heterocycles. The molecule has 1 aromatic carbocycles. The third-order valence-corrected chi connectivity index (χ3v) is 4.71. The summed E-state index contributed by atoms with van der Waals surface area (Å²) >= 11 is 0. The molecular formula is C13H18FN3O3S. The van der Waals surface area contributed by atoms with Gasteiger partial charge in [0.25, 0.3) is 0 Å². The zero-order valence-electron chi connectivity index (χ0n) is 11.6. The Morgan fingerprint density at radius 1 is 1.43 bits per heavy atom. The van der Waals surface area contributed by atoms with E-state index in [1.807, 2.05) is 0 Å². The Hall–Kier alpha value is -1.51. The summed E-state index contributed by atoms with van der Waals surface area (Å²) in [6, 6.07) is 3.27. The highest BCUT2D eigenvalue weighted by Gasteiger charge is 2.24. The van der Waals surface area contributed by atoms with Crippen LogP contribution in [0.3, 0.4) is 0 Å². The minimum atomic E-state index is -3.91. The Morgan fingerprint density at radius 3 is 2.76 bits per heavy atom. The molecule has 116 valence electrons. The smallest absolute Gasteiger partial charge is 0.243 e. The standard InChI is InChI=1S/C13H18FN3O3S/c1-9(18)16-10-4-5-13(12(14)7-10)21(19,20)17-11-3-2-6-15-8-11/h4-5,7,11,15,17H,2-3,6,8H2,1H3,(H,16,18)/t11-/m1/s1. The molecule has 0 saturated carbocycles. The Bertz CT molecular complexity index is 628. The van der Waals surface area contributed by atoms with Crippen LogP contribution in [0.5, 0.6) is 0 Å². The van der Waals surface area contributed by atoms with E-state index in [2.05, 4.69) is 15.4 Å². The Labute approximate surface area is 123 Å². The number of nitrogens with one attached hydrogen (secondary N) is 3. The van der Waals surface area contributed by atoms with Crippen molar-refractivity contribution >= 4 is 21.6 Å². The molecule has 1 saturated heterocycles. The molecule has 1 fully saturated rings. The van der Waals surface area contributed by atoms with E-state index in [1.165, 1.54) is 13.0 Å². The fourth-order valence-electron chi connectivity index (χ4n) is 2.24. The van der Waals surface area contributed by atoms with Gasteiger partial charge in [-0.3, -0.25) is 4.79 Å². The van der Waals surface area contributed by atoms with Crippen molar-refractivity contribution in [3.8, 4) is 0 Å². The van der Waals surface area contributed by atoms with Gasteiger partial charge in [0.1, 0.15) is 10.7 Å². The van der Waals surface area contributed by atoms with E-state index < -0.39 is 20.7 Å². The van der Waals surface area contributed by atoms with Gasteiger partial charge in [-0.25, -0.2) is 17.5 Å². The molecule has 0 spiro atoms. The molecule has 1 aliphatic rings. The zero-order chi connectivity index (χ0) is 15.5. The SMILES string of the molecule is CC(=O)Nc1ccc(S(=O)(=O)N[C@@H]2CCCNC2)c(F)c1. The third kappa shape index (κ3) is 4.23. The lowest BCUT2D eigenvalue weighted by Crippen LogP contribution is -2.45. The molecule has 6 nitrogen and oxygen atoms in total. The van der Waals surface area contributed by atoms with E-state index in [9.17, 15) is 17.6 Å². The van der Waals surface area contributed by atoms with Crippen LogP contribution in [-0.4, -0.2) is 33.5 Å². The monoisotopic (exact) mass is 315 g/mol. The van der Waals surface area contributed by atoms with Crippen molar-refractivity contribution in [2.75, 3.05) is 18.4 Å². The minimum absolute atomic E-state index is 0.221. The molecule has 0 aliphatic carbocycles. The van der Waals surface area contributed by atoms with E-state index in [1.54, 1.807) is 0 Å². The van der Waals surface area contributed by atoms with Crippen molar-refractivity contribution in [3.05, 3.63) is 24.0 Å². The number of piperidine rings is 1. The summed E-state index contributed by atoms with van der Waals surface area (Å²) in [6.45, 7) is 2.68. The minimum Gasteiger partial charge on any atom is -0.326 e. The quantitative estimate of drug-likeness (QED) is 0.767. The van der Waals surface area contributed by atoms with E-state index in [0.29, 0.717) is 6.54 Å². The molecule has 1 amide bonds. The second kappa shape index (κ2) is 6.50. The fourth-order valence-corrected chi connectivity index (χ4v) is 3.56. The summed E-state index contributed by atoms with van der Waals surface area (Å²) in [4.78, 5) is 10.5.